The summed E-state index contributed by atoms with van der Waals surface area (Å²) in [5.74, 6) is 0.205. The summed E-state index contributed by atoms with van der Waals surface area (Å²) in [7, 11) is 0. The Morgan fingerprint density at radius 1 is 0.347 bits per heavy atom. The van der Waals surface area contributed by atoms with Crippen molar-refractivity contribution in [2.24, 2.45) is 0 Å². The molecular weight excluding hydrogens is 601 g/mol. The molecule has 5 heteroatoms. The third kappa shape index (κ3) is 5.14. The maximum Gasteiger partial charge on any atom is 0.116 e. The van der Waals surface area contributed by atoms with Crippen LogP contribution in [0.4, 0.5) is 0 Å². The Balaban J connectivity index is 1.49. The van der Waals surface area contributed by atoms with Crippen LogP contribution in [0, 0.1) is 0 Å². The Labute approximate surface area is 283 Å². The number of phenolic OH excluding ortho intramolecular Hbond substituents is 1. The molecule has 5 heterocycles. The summed E-state index contributed by atoms with van der Waals surface area (Å²) in [5.41, 5.74) is 15.1. The average molecular weight is 631 g/mol. The smallest absolute Gasteiger partial charge is 0.116 e. The number of nitrogens with one attached hydrogen (secondary N) is 2. The zero-order valence-corrected chi connectivity index (χ0v) is 26.4. The highest BCUT2D eigenvalue weighted by atomic mass is 16.3. The lowest BCUT2D eigenvalue weighted by Gasteiger charge is -2.07. The van der Waals surface area contributed by atoms with Gasteiger partial charge in [-0.1, -0.05) is 103 Å². The Hall–Kier alpha value is -6.72. The van der Waals surface area contributed by atoms with Crippen molar-refractivity contribution >= 4 is 46.4 Å². The van der Waals surface area contributed by atoms with Gasteiger partial charge in [0, 0.05) is 44.3 Å². The second-order valence-electron chi connectivity index (χ2n) is 12.2. The number of rotatable bonds is 4. The van der Waals surface area contributed by atoms with Gasteiger partial charge in [0.15, 0.2) is 0 Å². The molecule has 0 aliphatic carbocycles. The van der Waals surface area contributed by atoms with Crippen LogP contribution in [0.25, 0.3) is 90.9 Å². The van der Waals surface area contributed by atoms with Crippen molar-refractivity contribution in [1.82, 2.24) is 19.9 Å². The van der Waals surface area contributed by atoms with Gasteiger partial charge in [0.1, 0.15) is 5.75 Å². The molecule has 5 nitrogen and oxygen atoms in total. The number of hydrogen-bond acceptors (Lipinski definition) is 3. The summed E-state index contributed by atoms with van der Waals surface area (Å²) in [6.45, 7) is 0. The topological polar surface area (TPSA) is 77.6 Å². The van der Waals surface area contributed by atoms with Crippen molar-refractivity contribution in [3.63, 3.8) is 0 Å². The number of H-pyrrole nitrogens is 2. The van der Waals surface area contributed by atoms with Crippen molar-refractivity contribution in [3.05, 3.63) is 162 Å². The molecule has 0 amide bonds. The van der Waals surface area contributed by atoms with Crippen molar-refractivity contribution in [2.45, 2.75) is 0 Å². The van der Waals surface area contributed by atoms with E-state index in [0.29, 0.717) is 0 Å². The average Bonchev–Trinajstić information content (AvgIpc) is 3.97. The van der Waals surface area contributed by atoms with Crippen LogP contribution in [-0.4, -0.2) is 25.0 Å². The molecule has 4 aromatic carbocycles. The number of benzene rings is 4. The number of fused-ring (bicyclic) bond motifs is 8. The third-order valence-electron chi connectivity index (χ3n) is 9.08. The number of hydrogen-bond donors (Lipinski definition) is 3. The zero-order valence-electron chi connectivity index (χ0n) is 26.4. The van der Waals surface area contributed by atoms with E-state index in [1.807, 2.05) is 30.3 Å². The van der Waals surface area contributed by atoms with Gasteiger partial charge in [-0.15, -0.1) is 0 Å². The van der Waals surface area contributed by atoms with Crippen molar-refractivity contribution < 1.29 is 5.11 Å². The first-order valence-corrected chi connectivity index (χ1v) is 16.3. The molecule has 0 fully saturated rings. The lowest BCUT2D eigenvalue weighted by molar-refractivity contribution is 0.475. The molecule has 8 bridgehead atoms. The van der Waals surface area contributed by atoms with E-state index in [1.54, 1.807) is 12.1 Å². The molecule has 3 N–H and O–H groups in total. The predicted octanol–water partition coefficient (Wildman–Crippen LogP) is 11.0. The van der Waals surface area contributed by atoms with E-state index in [1.165, 1.54) is 0 Å². The third-order valence-corrected chi connectivity index (χ3v) is 9.08. The Morgan fingerprint density at radius 2 is 0.714 bits per heavy atom. The minimum absolute atomic E-state index is 0.205. The normalized spacial score (nSPS) is 12.0. The predicted molar refractivity (Wildman–Crippen MR) is 202 cm³/mol. The molecule has 2 aliphatic heterocycles. The quantitative estimate of drug-likeness (QED) is 0.181. The summed E-state index contributed by atoms with van der Waals surface area (Å²) in [6.07, 6.45) is 8.39. The molecule has 0 atom stereocenters. The molecule has 0 spiro atoms. The number of phenols is 1. The maximum atomic E-state index is 10.6. The van der Waals surface area contributed by atoms with Crippen molar-refractivity contribution in [3.8, 4) is 50.3 Å². The second kappa shape index (κ2) is 11.8. The Kier molecular flexibility index (Phi) is 6.87. The van der Waals surface area contributed by atoms with Gasteiger partial charge >= 0.3 is 0 Å². The highest BCUT2D eigenvalue weighted by Gasteiger charge is 2.19. The van der Waals surface area contributed by atoms with Gasteiger partial charge in [-0.25, -0.2) is 9.97 Å². The Morgan fingerprint density at radius 3 is 1.14 bits per heavy atom. The highest BCUT2D eigenvalue weighted by molar-refractivity contribution is 6.00. The van der Waals surface area contributed by atoms with E-state index in [2.05, 4.69) is 131 Å². The van der Waals surface area contributed by atoms with E-state index in [9.17, 15) is 5.11 Å². The SMILES string of the molecule is Oc1cccc(-c2c3ccc([nH]3)c(-c3ccccc3)c3nc(c(-c4ccccc4)c4nc(c(-c5ccccc5)c5ccc2[nH]5)C=C4)C=C3)c1. The fraction of sp³-hybridized carbons (Fsp3) is 0. The van der Waals surface area contributed by atoms with E-state index in [-0.39, 0.29) is 5.75 Å². The number of nitrogens with zero attached hydrogens (tertiary/aromatic N) is 2. The van der Waals surface area contributed by atoms with Crippen LogP contribution in [0.5, 0.6) is 5.75 Å². The fourth-order valence-corrected chi connectivity index (χ4v) is 6.90. The summed E-state index contributed by atoms with van der Waals surface area (Å²) < 4.78 is 0. The van der Waals surface area contributed by atoms with Crippen LogP contribution < -0.4 is 0 Å². The van der Waals surface area contributed by atoms with E-state index < -0.39 is 0 Å². The summed E-state index contributed by atoms with van der Waals surface area (Å²) in [5, 5.41) is 10.6. The van der Waals surface area contributed by atoms with Crippen LogP contribution >= 0.6 is 0 Å². The summed E-state index contributed by atoms with van der Waals surface area (Å²) in [6, 6.07) is 47.0. The standard InChI is InChI=1S/C44H30N4O/c49-32-18-10-17-31(27-32)44-39-25-23-37(47-39)42(29-13-6-2-7-14-29)35-21-19-33(45-35)41(28-11-4-1-5-12-28)34-20-22-36(46-34)43(30-15-8-3-9-16-30)38-24-26-40(44)48-38/h1-27,47-49H. The largest absolute Gasteiger partial charge is 0.508 e. The zero-order chi connectivity index (χ0) is 32.7. The lowest BCUT2D eigenvalue weighted by Crippen LogP contribution is -1.91. The minimum atomic E-state index is 0.205. The second-order valence-corrected chi connectivity index (χ2v) is 12.2. The summed E-state index contributed by atoms with van der Waals surface area (Å²) in [4.78, 5) is 18.1. The molecule has 2 aliphatic rings. The van der Waals surface area contributed by atoms with Gasteiger partial charge in [-0.3, -0.25) is 0 Å². The molecule has 9 rings (SSSR count). The van der Waals surface area contributed by atoms with E-state index >= 15 is 0 Å². The lowest BCUT2D eigenvalue weighted by atomic mass is 10.0. The van der Waals surface area contributed by atoms with Gasteiger partial charge in [0.05, 0.1) is 22.8 Å². The van der Waals surface area contributed by atoms with E-state index in [4.69, 9.17) is 9.97 Å². The Bertz CT molecular complexity index is 2460. The molecular formula is C44H30N4O. The van der Waals surface area contributed by atoms with Crippen LogP contribution in [0.2, 0.25) is 0 Å². The molecule has 232 valence electrons. The molecule has 7 aromatic rings. The molecule has 0 radical (unpaired) electrons. The first-order valence-electron chi connectivity index (χ1n) is 16.3. The number of aromatic amines is 2. The van der Waals surface area contributed by atoms with Crippen molar-refractivity contribution in [2.75, 3.05) is 0 Å². The molecule has 0 unspecified atom stereocenters. The monoisotopic (exact) mass is 630 g/mol. The fourth-order valence-electron chi connectivity index (χ4n) is 6.90. The first kappa shape index (κ1) is 28.5. The van der Waals surface area contributed by atoms with Crippen LogP contribution in [0.1, 0.15) is 22.8 Å². The maximum absolute atomic E-state index is 10.6. The first-order chi connectivity index (χ1) is 24.2. The van der Waals surface area contributed by atoms with Gasteiger partial charge < -0.3 is 15.1 Å². The van der Waals surface area contributed by atoms with Gasteiger partial charge in [-0.2, -0.15) is 0 Å². The van der Waals surface area contributed by atoms with Crippen molar-refractivity contribution in [1.29, 1.82) is 0 Å². The van der Waals surface area contributed by atoms with Crippen LogP contribution in [-0.2, 0) is 0 Å². The molecule has 0 saturated carbocycles. The molecule has 49 heavy (non-hydrogen) atoms. The van der Waals surface area contributed by atoms with Crippen LogP contribution in [0.15, 0.2) is 140 Å². The van der Waals surface area contributed by atoms with Gasteiger partial charge in [-0.05, 0) is 83.0 Å². The van der Waals surface area contributed by atoms with Gasteiger partial charge in [0.2, 0.25) is 0 Å². The molecule has 3 aromatic heterocycles. The number of aromatic nitrogens is 4. The van der Waals surface area contributed by atoms with E-state index in [0.717, 1.165) is 89.4 Å². The summed E-state index contributed by atoms with van der Waals surface area (Å²) >= 11 is 0. The molecule has 0 saturated heterocycles. The number of aromatic hydroxyl groups is 1. The minimum Gasteiger partial charge on any atom is -0.508 e. The van der Waals surface area contributed by atoms with Gasteiger partial charge in [0.25, 0.3) is 0 Å². The highest BCUT2D eigenvalue weighted by Crippen LogP contribution is 2.38. The van der Waals surface area contributed by atoms with Crippen LogP contribution in [0.3, 0.4) is 0 Å².